The van der Waals surface area contributed by atoms with E-state index in [1.54, 1.807) is 31.2 Å². The Morgan fingerprint density at radius 2 is 1.91 bits per heavy atom. The highest BCUT2D eigenvalue weighted by Gasteiger charge is 2.28. The van der Waals surface area contributed by atoms with Crippen LogP contribution in [0.5, 0.6) is 5.75 Å². The molecular weight excluding hydrogens is 304 g/mol. The Morgan fingerprint density at radius 3 is 2.36 bits per heavy atom. The summed E-state index contributed by atoms with van der Waals surface area (Å²) in [7, 11) is -2.05. The highest BCUT2D eigenvalue weighted by atomic mass is 32.2. The standard InChI is InChI=1S/C15H24N2O4S/c1-5-6-11-16-15(18)12(2)17(22(4,19)20)13-7-9-14(21-3)10-8-13/h7-10,12H,5-6,11H2,1-4H3,(H,16,18). The topological polar surface area (TPSA) is 75.7 Å². The van der Waals surface area contributed by atoms with Gasteiger partial charge in [0.1, 0.15) is 11.8 Å². The molecule has 0 saturated heterocycles. The minimum Gasteiger partial charge on any atom is -0.497 e. The molecule has 0 aliphatic carbocycles. The smallest absolute Gasteiger partial charge is 0.243 e. The van der Waals surface area contributed by atoms with Gasteiger partial charge in [-0.05, 0) is 37.6 Å². The number of hydrogen-bond acceptors (Lipinski definition) is 4. The molecule has 0 spiro atoms. The largest absolute Gasteiger partial charge is 0.497 e. The third-order valence-electron chi connectivity index (χ3n) is 3.24. The van der Waals surface area contributed by atoms with Gasteiger partial charge < -0.3 is 10.1 Å². The number of methoxy groups -OCH3 is 1. The number of benzene rings is 1. The first-order valence-electron chi connectivity index (χ1n) is 7.22. The Morgan fingerprint density at radius 1 is 1.32 bits per heavy atom. The van der Waals surface area contributed by atoms with Crippen LogP contribution in [-0.4, -0.2) is 40.3 Å². The number of nitrogens with zero attached hydrogens (tertiary/aromatic N) is 1. The molecule has 1 unspecified atom stereocenters. The fourth-order valence-electron chi connectivity index (χ4n) is 2.07. The van der Waals surface area contributed by atoms with Crippen molar-refractivity contribution in [3.8, 4) is 5.75 Å². The van der Waals surface area contributed by atoms with Crippen LogP contribution < -0.4 is 14.4 Å². The summed E-state index contributed by atoms with van der Waals surface area (Å²) in [5.41, 5.74) is 0.432. The molecule has 1 aromatic rings. The number of carbonyl (C=O) groups excluding carboxylic acids is 1. The van der Waals surface area contributed by atoms with E-state index >= 15 is 0 Å². The van der Waals surface area contributed by atoms with Crippen molar-refractivity contribution in [2.75, 3.05) is 24.2 Å². The van der Waals surface area contributed by atoms with Gasteiger partial charge in [-0.25, -0.2) is 8.42 Å². The van der Waals surface area contributed by atoms with E-state index in [-0.39, 0.29) is 5.91 Å². The van der Waals surface area contributed by atoms with Crippen LogP contribution in [0.2, 0.25) is 0 Å². The van der Waals surface area contributed by atoms with Crippen molar-refractivity contribution in [2.45, 2.75) is 32.7 Å². The number of hydrogen-bond donors (Lipinski definition) is 1. The molecule has 1 rings (SSSR count). The summed E-state index contributed by atoms with van der Waals surface area (Å²) in [6.45, 7) is 4.14. The maximum Gasteiger partial charge on any atom is 0.243 e. The molecule has 0 saturated carbocycles. The zero-order valence-corrected chi connectivity index (χ0v) is 14.3. The second kappa shape index (κ2) is 8.03. The number of sulfonamides is 1. The Balaban J connectivity index is 3.00. The third-order valence-corrected chi connectivity index (χ3v) is 4.49. The lowest BCUT2D eigenvalue weighted by atomic mass is 10.2. The lowest BCUT2D eigenvalue weighted by molar-refractivity contribution is -0.121. The van der Waals surface area contributed by atoms with Gasteiger partial charge in [0.25, 0.3) is 0 Å². The van der Waals surface area contributed by atoms with Crippen molar-refractivity contribution in [3.63, 3.8) is 0 Å². The van der Waals surface area contributed by atoms with E-state index in [0.29, 0.717) is 18.0 Å². The van der Waals surface area contributed by atoms with Crippen molar-refractivity contribution in [3.05, 3.63) is 24.3 Å². The van der Waals surface area contributed by atoms with Gasteiger partial charge in [-0.2, -0.15) is 0 Å². The van der Waals surface area contributed by atoms with Gasteiger partial charge in [0.2, 0.25) is 15.9 Å². The summed E-state index contributed by atoms with van der Waals surface area (Å²) in [4.78, 5) is 12.2. The minimum absolute atomic E-state index is 0.310. The minimum atomic E-state index is -3.58. The summed E-state index contributed by atoms with van der Waals surface area (Å²) in [5, 5.41) is 2.76. The fourth-order valence-corrected chi connectivity index (χ4v) is 3.25. The lowest BCUT2D eigenvalue weighted by Crippen LogP contribution is -2.48. The number of rotatable bonds is 8. The van der Waals surface area contributed by atoms with E-state index in [9.17, 15) is 13.2 Å². The average Bonchev–Trinajstić information content (AvgIpc) is 2.46. The number of nitrogens with one attached hydrogen (secondary N) is 1. The molecule has 0 heterocycles. The Kier molecular flexibility index (Phi) is 6.67. The summed E-state index contributed by atoms with van der Waals surface area (Å²) >= 11 is 0. The molecule has 0 fully saturated rings. The van der Waals surface area contributed by atoms with Gasteiger partial charge in [-0.3, -0.25) is 9.10 Å². The molecule has 1 aromatic carbocycles. The first kappa shape index (κ1) is 18.3. The van der Waals surface area contributed by atoms with Gasteiger partial charge in [0, 0.05) is 6.54 Å². The molecule has 0 radical (unpaired) electrons. The number of anilines is 1. The van der Waals surface area contributed by atoms with Crippen LogP contribution in [0.4, 0.5) is 5.69 Å². The third kappa shape index (κ3) is 4.91. The predicted molar refractivity (Wildman–Crippen MR) is 87.7 cm³/mol. The zero-order valence-electron chi connectivity index (χ0n) is 13.5. The van der Waals surface area contributed by atoms with Crippen molar-refractivity contribution in [1.82, 2.24) is 5.32 Å². The van der Waals surface area contributed by atoms with Crippen LogP contribution in [-0.2, 0) is 14.8 Å². The summed E-state index contributed by atoms with van der Waals surface area (Å²) in [6, 6.07) is 5.75. The van der Waals surface area contributed by atoms with Crippen molar-refractivity contribution >= 4 is 21.6 Å². The summed E-state index contributed by atoms with van der Waals surface area (Å²) in [5.74, 6) is 0.312. The van der Waals surface area contributed by atoms with Crippen LogP contribution in [0.15, 0.2) is 24.3 Å². The van der Waals surface area contributed by atoms with Crippen LogP contribution in [0, 0.1) is 0 Å². The summed E-state index contributed by atoms with van der Waals surface area (Å²) in [6.07, 6.45) is 2.91. The fraction of sp³-hybridized carbons (Fsp3) is 0.533. The molecule has 22 heavy (non-hydrogen) atoms. The van der Waals surface area contributed by atoms with E-state index in [0.717, 1.165) is 23.4 Å². The monoisotopic (exact) mass is 328 g/mol. The Bertz CT molecular complexity index is 584. The Labute approximate surface area is 132 Å². The van der Waals surface area contributed by atoms with Crippen LogP contribution >= 0.6 is 0 Å². The molecule has 0 aliphatic rings. The molecule has 0 aromatic heterocycles. The first-order valence-corrected chi connectivity index (χ1v) is 9.07. The Hall–Kier alpha value is -1.76. The van der Waals surface area contributed by atoms with E-state index < -0.39 is 16.1 Å². The average molecular weight is 328 g/mol. The van der Waals surface area contributed by atoms with E-state index in [4.69, 9.17) is 4.74 Å². The molecule has 0 bridgehead atoms. The number of unbranched alkanes of at least 4 members (excludes halogenated alkanes) is 1. The predicted octanol–water partition coefficient (Wildman–Crippen LogP) is 1.77. The maximum atomic E-state index is 12.2. The molecule has 1 atom stereocenters. The van der Waals surface area contributed by atoms with Gasteiger partial charge >= 0.3 is 0 Å². The van der Waals surface area contributed by atoms with E-state index in [1.807, 2.05) is 6.92 Å². The molecular formula is C15H24N2O4S. The maximum absolute atomic E-state index is 12.2. The number of amides is 1. The summed E-state index contributed by atoms with van der Waals surface area (Å²) < 4.78 is 30.3. The zero-order chi connectivity index (χ0) is 16.8. The van der Waals surface area contributed by atoms with Gasteiger partial charge in [0.15, 0.2) is 0 Å². The normalized spacial score (nSPS) is 12.5. The first-order chi connectivity index (χ1) is 10.3. The van der Waals surface area contributed by atoms with Gasteiger partial charge in [-0.1, -0.05) is 13.3 Å². The highest BCUT2D eigenvalue weighted by molar-refractivity contribution is 7.92. The lowest BCUT2D eigenvalue weighted by Gasteiger charge is -2.28. The molecule has 1 amide bonds. The van der Waals surface area contributed by atoms with Crippen LogP contribution in [0.25, 0.3) is 0 Å². The second-order valence-electron chi connectivity index (χ2n) is 5.08. The molecule has 124 valence electrons. The number of ether oxygens (including phenoxy) is 1. The van der Waals surface area contributed by atoms with Gasteiger partial charge in [0.05, 0.1) is 19.1 Å². The highest BCUT2D eigenvalue weighted by Crippen LogP contribution is 2.23. The van der Waals surface area contributed by atoms with Crippen molar-refractivity contribution in [2.24, 2.45) is 0 Å². The molecule has 1 N–H and O–H groups in total. The van der Waals surface area contributed by atoms with Crippen LogP contribution in [0.3, 0.4) is 0 Å². The number of carbonyl (C=O) groups is 1. The second-order valence-corrected chi connectivity index (χ2v) is 6.94. The SMILES string of the molecule is CCCCNC(=O)C(C)N(c1ccc(OC)cc1)S(C)(=O)=O. The van der Waals surface area contributed by atoms with Crippen molar-refractivity contribution in [1.29, 1.82) is 0 Å². The van der Waals surface area contributed by atoms with Crippen LogP contribution in [0.1, 0.15) is 26.7 Å². The van der Waals surface area contributed by atoms with Gasteiger partial charge in [-0.15, -0.1) is 0 Å². The molecule has 6 nitrogen and oxygen atoms in total. The van der Waals surface area contributed by atoms with E-state index in [1.165, 1.54) is 7.11 Å². The molecule has 7 heteroatoms. The quantitative estimate of drug-likeness (QED) is 0.738. The van der Waals surface area contributed by atoms with E-state index in [2.05, 4.69) is 5.32 Å². The molecule has 0 aliphatic heterocycles. The van der Waals surface area contributed by atoms with Crippen molar-refractivity contribution < 1.29 is 17.9 Å².